The highest BCUT2D eigenvalue weighted by atomic mass is 32.2. The van der Waals surface area contributed by atoms with E-state index in [1.807, 2.05) is 34.6 Å². The van der Waals surface area contributed by atoms with E-state index >= 15 is 0 Å². The van der Waals surface area contributed by atoms with Crippen LogP contribution in [0.15, 0.2) is 15.5 Å². The third-order valence-electron chi connectivity index (χ3n) is 3.32. The Balaban J connectivity index is 2.59. The first-order chi connectivity index (χ1) is 9.76. The summed E-state index contributed by atoms with van der Waals surface area (Å²) in [4.78, 5) is 1.97. The van der Waals surface area contributed by atoms with Gasteiger partial charge in [-0.15, -0.1) is 11.3 Å². The van der Waals surface area contributed by atoms with Crippen molar-refractivity contribution in [3.05, 3.63) is 21.5 Å². The molecule has 2 rings (SSSR count). The minimum absolute atomic E-state index is 0.112. The number of nitrogens with zero attached hydrogens (tertiary/aromatic N) is 1. The van der Waals surface area contributed by atoms with E-state index in [0.29, 0.717) is 16.2 Å². The smallest absolute Gasteiger partial charge is 0.242 e. The van der Waals surface area contributed by atoms with Gasteiger partial charge in [-0.2, -0.15) is 0 Å². The first kappa shape index (κ1) is 16.2. The van der Waals surface area contributed by atoms with Gasteiger partial charge in [-0.1, -0.05) is 12.1 Å². The molecule has 21 heavy (non-hydrogen) atoms. The second-order valence-corrected chi connectivity index (χ2v) is 8.26. The lowest BCUT2D eigenvalue weighted by molar-refractivity contribution is 0.426. The fourth-order valence-corrected chi connectivity index (χ4v) is 5.35. The van der Waals surface area contributed by atoms with E-state index in [-0.39, 0.29) is 6.04 Å². The van der Waals surface area contributed by atoms with E-state index in [4.69, 9.17) is 4.52 Å². The lowest BCUT2D eigenvalue weighted by Gasteiger charge is -2.13. The first-order valence-electron chi connectivity index (χ1n) is 6.82. The Bertz CT molecular complexity index is 744. The molecule has 0 radical (unpaired) electrons. The van der Waals surface area contributed by atoms with Crippen molar-refractivity contribution < 1.29 is 12.9 Å². The van der Waals surface area contributed by atoms with Crippen molar-refractivity contribution in [1.29, 1.82) is 0 Å². The average Bonchev–Trinajstić information content (AvgIpc) is 2.92. The summed E-state index contributed by atoms with van der Waals surface area (Å²) in [6, 6.07) is 1.65. The predicted octanol–water partition coefficient (Wildman–Crippen LogP) is 3.41. The number of aromatic nitrogens is 1. The molecule has 0 saturated carbocycles. The van der Waals surface area contributed by atoms with Crippen molar-refractivity contribution in [3.63, 3.8) is 0 Å². The van der Waals surface area contributed by atoms with Crippen LogP contribution in [0.4, 0.5) is 0 Å². The molecule has 5 nitrogen and oxygen atoms in total. The van der Waals surface area contributed by atoms with E-state index in [2.05, 4.69) is 9.88 Å². The number of sulfonamides is 1. The van der Waals surface area contributed by atoms with E-state index in [1.165, 1.54) is 11.3 Å². The zero-order chi connectivity index (χ0) is 15.8. The second-order valence-electron chi connectivity index (χ2n) is 5.18. The molecule has 2 aromatic rings. The Morgan fingerprint density at radius 2 is 2.00 bits per heavy atom. The van der Waals surface area contributed by atoms with Crippen LogP contribution in [0.2, 0.25) is 0 Å². The van der Waals surface area contributed by atoms with Crippen LogP contribution in [0.3, 0.4) is 0 Å². The molecule has 0 spiro atoms. The molecule has 0 aliphatic heterocycles. The number of hydrogen-bond acceptors (Lipinski definition) is 5. The lowest BCUT2D eigenvalue weighted by Crippen LogP contribution is -2.32. The molecule has 0 aromatic carbocycles. The Morgan fingerprint density at radius 1 is 1.33 bits per heavy atom. The molecule has 7 heteroatoms. The monoisotopic (exact) mass is 328 g/mol. The molecule has 0 aliphatic rings. The largest absolute Gasteiger partial charge is 0.356 e. The van der Waals surface area contributed by atoms with Crippen LogP contribution >= 0.6 is 11.3 Å². The fraction of sp³-hybridized carbons (Fsp3) is 0.500. The van der Waals surface area contributed by atoms with Crippen LogP contribution in [0.1, 0.15) is 35.7 Å². The molecule has 0 saturated heterocycles. The van der Waals surface area contributed by atoms with E-state index < -0.39 is 10.0 Å². The SMILES string of the molecule is CC[C@H](C)NS(=O)(=O)c1c(C)sc(C)c1-c1cc(C)no1. The standard InChI is InChI=1S/C14H20N2O3S2/c1-6-8(2)16-21(17,18)14-11(5)20-10(4)13(14)12-7-9(3)15-19-12/h7-8,16H,6H2,1-5H3/t8-/m0/s1. The molecule has 2 heterocycles. The summed E-state index contributed by atoms with van der Waals surface area (Å²) in [5.41, 5.74) is 1.35. The van der Waals surface area contributed by atoms with Crippen LogP contribution in [0.5, 0.6) is 0 Å². The van der Waals surface area contributed by atoms with Gasteiger partial charge in [-0.05, 0) is 34.1 Å². The molecular weight excluding hydrogens is 308 g/mol. The van der Waals surface area contributed by atoms with Gasteiger partial charge >= 0.3 is 0 Å². The molecule has 0 fully saturated rings. The molecule has 2 aromatic heterocycles. The van der Waals surface area contributed by atoms with Gasteiger partial charge in [-0.25, -0.2) is 13.1 Å². The maximum absolute atomic E-state index is 12.7. The van der Waals surface area contributed by atoms with Gasteiger partial charge in [0.15, 0.2) is 5.76 Å². The third kappa shape index (κ3) is 3.20. The predicted molar refractivity (Wildman–Crippen MR) is 84.1 cm³/mol. The Kier molecular flexibility index (Phi) is 4.55. The summed E-state index contributed by atoms with van der Waals surface area (Å²) in [6.07, 6.45) is 0.734. The lowest BCUT2D eigenvalue weighted by atomic mass is 10.2. The van der Waals surface area contributed by atoms with Crippen molar-refractivity contribution >= 4 is 21.4 Å². The van der Waals surface area contributed by atoms with Crippen molar-refractivity contribution in [2.75, 3.05) is 0 Å². The van der Waals surface area contributed by atoms with Gasteiger partial charge < -0.3 is 4.52 Å². The average molecular weight is 328 g/mol. The number of thiophene rings is 1. The molecule has 1 N–H and O–H groups in total. The summed E-state index contributed by atoms with van der Waals surface area (Å²) >= 11 is 1.45. The van der Waals surface area contributed by atoms with Crippen LogP contribution in [0.25, 0.3) is 11.3 Å². The van der Waals surface area contributed by atoms with Crippen LogP contribution < -0.4 is 4.72 Å². The summed E-state index contributed by atoms with van der Waals surface area (Å²) < 4.78 is 33.3. The van der Waals surface area contributed by atoms with Gasteiger partial charge in [0.25, 0.3) is 0 Å². The topological polar surface area (TPSA) is 72.2 Å². The Morgan fingerprint density at radius 3 is 2.52 bits per heavy atom. The molecule has 116 valence electrons. The summed E-state index contributed by atoms with van der Waals surface area (Å²) in [5.74, 6) is 0.499. The fourth-order valence-electron chi connectivity index (χ4n) is 2.16. The van der Waals surface area contributed by atoms with Crippen molar-refractivity contribution in [3.8, 4) is 11.3 Å². The second kappa shape index (κ2) is 5.90. The molecular formula is C14H20N2O3S2. The van der Waals surface area contributed by atoms with E-state index in [1.54, 1.807) is 6.07 Å². The van der Waals surface area contributed by atoms with Gasteiger partial charge in [0.2, 0.25) is 10.0 Å². The van der Waals surface area contributed by atoms with Gasteiger partial charge in [0.05, 0.1) is 11.3 Å². The number of rotatable bonds is 5. The molecule has 0 bridgehead atoms. The van der Waals surface area contributed by atoms with Crippen LogP contribution in [-0.4, -0.2) is 19.6 Å². The number of aryl methyl sites for hydroxylation is 3. The highest BCUT2D eigenvalue weighted by Gasteiger charge is 2.28. The Labute approximate surface area is 129 Å². The first-order valence-corrected chi connectivity index (χ1v) is 9.12. The molecule has 0 amide bonds. The van der Waals surface area contributed by atoms with Crippen molar-refractivity contribution in [1.82, 2.24) is 9.88 Å². The molecule has 0 unspecified atom stereocenters. The van der Waals surface area contributed by atoms with Gasteiger partial charge in [0, 0.05) is 21.9 Å². The zero-order valence-electron chi connectivity index (χ0n) is 12.9. The minimum atomic E-state index is -3.58. The van der Waals surface area contributed by atoms with Crippen LogP contribution in [-0.2, 0) is 10.0 Å². The summed E-state index contributed by atoms with van der Waals surface area (Å²) in [7, 11) is -3.58. The molecule has 1 atom stereocenters. The summed E-state index contributed by atoms with van der Waals surface area (Å²) in [6.45, 7) is 9.32. The minimum Gasteiger partial charge on any atom is -0.356 e. The normalized spacial score (nSPS) is 13.6. The van der Waals surface area contributed by atoms with Crippen molar-refractivity contribution in [2.24, 2.45) is 0 Å². The van der Waals surface area contributed by atoms with Crippen molar-refractivity contribution in [2.45, 2.75) is 52.0 Å². The zero-order valence-corrected chi connectivity index (χ0v) is 14.5. The third-order valence-corrected chi connectivity index (χ3v) is 6.23. The van der Waals surface area contributed by atoms with Gasteiger partial charge in [0.1, 0.15) is 4.90 Å². The van der Waals surface area contributed by atoms with Crippen LogP contribution in [0, 0.1) is 20.8 Å². The number of hydrogen-bond donors (Lipinski definition) is 1. The van der Waals surface area contributed by atoms with E-state index in [9.17, 15) is 8.42 Å². The van der Waals surface area contributed by atoms with E-state index in [0.717, 1.165) is 21.9 Å². The summed E-state index contributed by atoms with van der Waals surface area (Å²) in [5, 5.41) is 3.86. The number of nitrogens with one attached hydrogen (secondary N) is 1. The molecule has 0 aliphatic carbocycles. The highest BCUT2D eigenvalue weighted by Crippen LogP contribution is 2.39. The maximum atomic E-state index is 12.7. The highest BCUT2D eigenvalue weighted by molar-refractivity contribution is 7.89. The quantitative estimate of drug-likeness (QED) is 0.913. The Hall–Kier alpha value is -1.18. The maximum Gasteiger partial charge on any atom is 0.242 e. The van der Waals surface area contributed by atoms with Gasteiger partial charge in [-0.3, -0.25) is 0 Å².